The van der Waals surface area contributed by atoms with Crippen molar-refractivity contribution in [2.75, 3.05) is 33.3 Å². The largest absolute Gasteiger partial charge is 0.465 e. The molecular weight excluding hydrogens is 216 g/mol. The van der Waals surface area contributed by atoms with Crippen molar-refractivity contribution in [3.05, 3.63) is 0 Å². The molecule has 0 radical (unpaired) electrons. The van der Waals surface area contributed by atoms with Gasteiger partial charge in [-0.05, 0) is 45.7 Å². The summed E-state index contributed by atoms with van der Waals surface area (Å²) in [5, 5.41) is 3.05. The van der Waals surface area contributed by atoms with Gasteiger partial charge in [-0.2, -0.15) is 0 Å². The highest BCUT2D eigenvalue weighted by Gasteiger charge is 2.27. The first-order chi connectivity index (χ1) is 8.21. The van der Waals surface area contributed by atoms with Crippen molar-refractivity contribution >= 4 is 5.97 Å². The highest BCUT2D eigenvalue weighted by molar-refractivity contribution is 5.76. The summed E-state index contributed by atoms with van der Waals surface area (Å²) in [6, 6.07) is -0.194. The highest BCUT2D eigenvalue weighted by atomic mass is 16.5. The van der Waals surface area contributed by atoms with Crippen molar-refractivity contribution in [2.45, 2.75) is 39.2 Å². The van der Waals surface area contributed by atoms with Gasteiger partial charge in [0.05, 0.1) is 6.61 Å². The van der Waals surface area contributed by atoms with Gasteiger partial charge in [-0.15, -0.1) is 0 Å². The summed E-state index contributed by atoms with van der Waals surface area (Å²) < 4.78 is 5.07. The van der Waals surface area contributed by atoms with E-state index in [0.717, 1.165) is 32.0 Å². The van der Waals surface area contributed by atoms with Gasteiger partial charge in [-0.1, -0.05) is 6.92 Å². The molecule has 1 saturated carbocycles. The van der Waals surface area contributed by atoms with Crippen molar-refractivity contribution in [1.29, 1.82) is 0 Å². The minimum atomic E-state index is -0.194. The van der Waals surface area contributed by atoms with Gasteiger partial charge < -0.3 is 15.0 Å². The van der Waals surface area contributed by atoms with Crippen LogP contribution in [-0.2, 0) is 9.53 Å². The Morgan fingerprint density at radius 1 is 1.47 bits per heavy atom. The molecule has 100 valence electrons. The topological polar surface area (TPSA) is 41.6 Å². The Morgan fingerprint density at radius 3 is 2.65 bits per heavy atom. The normalized spacial score (nSPS) is 17.2. The van der Waals surface area contributed by atoms with Crippen molar-refractivity contribution < 1.29 is 9.53 Å². The van der Waals surface area contributed by atoms with Crippen molar-refractivity contribution in [2.24, 2.45) is 5.92 Å². The average molecular weight is 242 g/mol. The van der Waals surface area contributed by atoms with E-state index in [1.807, 2.05) is 14.0 Å². The first-order valence-corrected chi connectivity index (χ1v) is 6.77. The molecule has 0 amide bonds. The Balaban J connectivity index is 2.40. The summed E-state index contributed by atoms with van der Waals surface area (Å²) in [6.45, 7) is 7.43. The molecule has 1 aliphatic carbocycles. The molecule has 1 fully saturated rings. The molecule has 0 aliphatic heterocycles. The summed E-state index contributed by atoms with van der Waals surface area (Å²) in [4.78, 5) is 14.1. The molecule has 0 aromatic heterocycles. The van der Waals surface area contributed by atoms with Gasteiger partial charge in [-0.25, -0.2) is 0 Å². The fourth-order valence-corrected chi connectivity index (χ4v) is 2.02. The molecule has 1 aliphatic rings. The molecular formula is C13H26N2O2. The fourth-order valence-electron chi connectivity index (χ4n) is 2.02. The van der Waals surface area contributed by atoms with Gasteiger partial charge in [0, 0.05) is 13.1 Å². The van der Waals surface area contributed by atoms with E-state index >= 15 is 0 Å². The molecule has 0 heterocycles. The number of esters is 1. The van der Waals surface area contributed by atoms with Crippen LogP contribution in [0.15, 0.2) is 0 Å². The van der Waals surface area contributed by atoms with Crippen LogP contribution in [-0.4, -0.2) is 50.2 Å². The second kappa shape index (κ2) is 7.67. The molecule has 1 N–H and O–H groups in total. The predicted octanol–water partition coefficient (Wildman–Crippen LogP) is 1.26. The Hall–Kier alpha value is -0.610. The number of likely N-dealkylation sites (N-methyl/N-ethyl adjacent to an activating group) is 1. The molecule has 0 aromatic rings. The molecule has 17 heavy (non-hydrogen) atoms. The van der Waals surface area contributed by atoms with Crippen molar-refractivity contribution in [1.82, 2.24) is 10.2 Å². The van der Waals surface area contributed by atoms with E-state index < -0.39 is 0 Å². The number of ether oxygens (including phenoxy) is 1. The first-order valence-electron chi connectivity index (χ1n) is 6.77. The zero-order valence-corrected chi connectivity index (χ0v) is 11.4. The van der Waals surface area contributed by atoms with E-state index in [0.29, 0.717) is 6.61 Å². The lowest BCUT2D eigenvalue weighted by molar-refractivity contribution is -0.146. The number of rotatable bonds is 9. The van der Waals surface area contributed by atoms with Crippen molar-refractivity contribution in [3.8, 4) is 0 Å². The van der Waals surface area contributed by atoms with Crippen LogP contribution in [0, 0.1) is 5.92 Å². The Bertz CT molecular complexity index is 229. The summed E-state index contributed by atoms with van der Waals surface area (Å²) in [5.74, 6) is 0.730. The van der Waals surface area contributed by atoms with E-state index in [2.05, 4.69) is 17.1 Å². The third kappa shape index (κ3) is 5.50. The zero-order chi connectivity index (χ0) is 12.7. The molecule has 4 nitrogen and oxygen atoms in total. The number of carbonyl (C=O) groups excluding carboxylic acids is 1. The number of nitrogens with zero attached hydrogens (tertiary/aromatic N) is 1. The summed E-state index contributed by atoms with van der Waals surface area (Å²) in [5.41, 5.74) is 0. The Morgan fingerprint density at radius 2 is 2.18 bits per heavy atom. The lowest BCUT2D eigenvalue weighted by Crippen LogP contribution is -2.46. The van der Waals surface area contributed by atoms with Crippen LogP contribution in [0.2, 0.25) is 0 Å². The van der Waals surface area contributed by atoms with E-state index in [1.54, 1.807) is 0 Å². The molecule has 1 unspecified atom stereocenters. The number of hydrogen-bond acceptors (Lipinski definition) is 4. The van der Waals surface area contributed by atoms with Crippen LogP contribution in [0.1, 0.15) is 33.1 Å². The van der Waals surface area contributed by atoms with Crippen molar-refractivity contribution in [3.63, 3.8) is 0 Å². The summed E-state index contributed by atoms with van der Waals surface area (Å²) in [6.07, 6.45) is 3.83. The maximum atomic E-state index is 11.7. The van der Waals surface area contributed by atoms with Gasteiger partial charge in [0.15, 0.2) is 0 Å². The average Bonchev–Trinajstić information content (AvgIpc) is 3.10. The SMILES string of the molecule is CCCN(CC1CC1)CC(NC)C(=O)OCC. The van der Waals surface area contributed by atoms with Gasteiger partial charge in [0.2, 0.25) is 0 Å². The molecule has 0 spiro atoms. The Labute approximate surface area is 105 Å². The lowest BCUT2D eigenvalue weighted by Gasteiger charge is -2.25. The van der Waals surface area contributed by atoms with E-state index in [4.69, 9.17) is 4.74 Å². The Kier molecular flexibility index (Phi) is 6.52. The van der Waals surface area contributed by atoms with Gasteiger partial charge in [-0.3, -0.25) is 4.79 Å². The third-order valence-electron chi connectivity index (χ3n) is 3.11. The monoisotopic (exact) mass is 242 g/mol. The third-order valence-corrected chi connectivity index (χ3v) is 3.11. The zero-order valence-electron chi connectivity index (χ0n) is 11.4. The number of nitrogens with one attached hydrogen (secondary N) is 1. The quantitative estimate of drug-likeness (QED) is 0.618. The smallest absolute Gasteiger partial charge is 0.324 e. The fraction of sp³-hybridized carbons (Fsp3) is 0.923. The first kappa shape index (κ1) is 14.5. The highest BCUT2D eigenvalue weighted by Crippen LogP contribution is 2.29. The lowest BCUT2D eigenvalue weighted by atomic mass is 10.2. The number of hydrogen-bond donors (Lipinski definition) is 1. The second-order valence-corrected chi connectivity index (χ2v) is 4.80. The van der Waals surface area contributed by atoms with Crippen LogP contribution < -0.4 is 5.32 Å². The molecule has 0 bridgehead atoms. The molecule has 0 saturated heterocycles. The van der Waals surface area contributed by atoms with Crippen LogP contribution in [0.25, 0.3) is 0 Å². The number of carbonyl (C=O) groups is 1. The molecule has 1 rings (SSSR count). The summed E-state index contributed by atoms with van der Waals surface area (Å²) in [7, 11) is 1.82. The van der Waals surface area contributed by atoms with E-state index in [9.17, 15) is 4.79 Å². The predicted molar refractivity (Wildman–Crippen MR) is 68.9 cm³/mol. The van der Waals surface area contributed by atoms with E-state index in [-0.39, 0.29) is 12.0 Å². The molecule has 4 heteroatoms. The van der Waals surface area contributed by atoms with Crippen LogP contribution in [0.4, 0.5) is 0 Å². The van der Waals surface area contributed by atoms with Crippen LogP contribution in [0.3, 0.4) is 0 Å². The maximum Gasteiger partial charge on any atom is 0.324 e. The van der Waals surface area contributed by atoms with Gasteiger partial charge in [0.25, 0.3) is 0 Å². The van der Waals surface area contributed by atoms with E-state index in [1.165, 1.54) is 12.8 Å². The van der Waals surface area contributed by atoms with Crippen LogP contribution in [0.5, 0.6) is 0 Å². The van der Waals surface area contributed by atoms with Crippen LogP contribution >= 0.6 is 0 Å². The molecule has 0 aromatic carbocycles. The minimum absolute atomic E-state index is 0.132. The van der Waals surface area contributed by atoms with Gasteiger partial charge >= 0.3 is 5.97 Å². The maximum absolute atomic E-state index is 11.7. The summed E-state index contributed by atoms with van der Waals surface area (Å²) >= 11 is 0. The van der Waals surface area contributed by atoms with Gasteiger partial charge in [0.1, 0.15) is 6.04 Å². The minimum Gasteiger partial charge on any atom is -0.465 e. The second-order valence-electron chi connectivity index (χ2n) is 4.80. The standard InChI is InChI=1S/C13H26N2O2/c1-4-8-15(9-11-6-7-11)10-12(14-3)13(16)17-5-2/h11-12,14H,4-10H2,1-3H3. The molecule has 1 atom stereocenters.